The number of nitrogens with zero attached hydrogens (tertiary/aromatic N) is 3. The van der Waals surface area contributed by atoms with Gasteiger partial charge in [0.05, 0.1) is 0 Å². The van der Waals surface area contributed by atoms with Crippen molar-refractivity contribution in [1.29, 1.82) is 0 Å². The number of anilines is 1. The Morgan fingerprint density at radius 3 is 2.68 bits per heavy atom. The number of benzene rings is 1. The number of ether oxygens (including phenoxy) is 1. The van der Waals surface area contributed by atoms with Crippen molar-refractivity contribution < 1.29 is 26.7 Å². The van der Waals surface area contributed by atoms with Gasteiger partial charge in [0, 0.05) is 45.0 Å². The SMILES string of the molecule is CN=C(NCc1ccnc(OCC(F)(F)F)c1)NC1CCN(c2c(F)cccc2F)C1. The number of rotatable bonds is 6. The molecule has 3 rings (SSSR count). The highest BCUT2D eigenvalue weighted by Crippen LogP contribution is 2.26. The minimum Gasteiger partial charge on any atom is -0.468 e. The van der Waals surface area contributed by atoms with E-state index < -0.39 is 24.4 Å². The Labute approximate surface area is 176 Å². The topological polar surface area (TPSA) is 61.8 Å². The van der Waals surface area contributed by atoms with Crippen molar-refractivity contribution in [3.8, 4) is 5.88 Å². The van der Waals surface area contributed by atoms with E-state index in [9.17, 15) is 22.0 Å². The molecule has 1 aliphatic heterocycles. The maximum absolute atomic E-state index is 14.0. The molecular weight excluding hydrogens is 421 g/mol. The van der Waals surface area contributed by atoms with Gasteiger partial charge in [0.1, 0.15) is 17.3 Å². The summed E-state index contributed by atoms with van der Waals surface area (Å²) in [5.41, 5.74) is 0.606. The minimum atomic E-state index is -4.44. The first-order valence-electron chi connectivity index (χ1n) is 9.56. The number of hydrogen-bond acceptors (Lipinski definition) is 4. The smallest absolute Gasteiger partial charge is 0.422 e. The highest BCUT2D eigenvalue weighted by atomic mass is 19.4. The van der Waals surface area contributed by atoms with Gasteiger partial charge in [-0.05, 0) is 30.2 Å². The minimum absolute atomic E-state index is 0.0436. The quantitative estimate of drug-likeness (QED) is 0.408. The van der Waals surface area contributed by atoms with Crippen LogP contribution < -0.4 is 20.3 Å². The molecule has 1 fully saturated rings. The van der Waals surface area contributed by atoms with Crippen LogP contribution in [-0.4, -0.2) is 49.9 Å². The summed E-state index contributed by atoms with van der Waals surface area (Å²) in [5, 5.41) is 6.25. The van der Waals surface area contributed by atoms with E-state index in [1.807, 2.05) is 0 Å². The Hall–Kier alpha value is -3.11. The summed E-state index contributed by atoms with van der Waals surface area (Å²) < 4.78 is 69.5. The number of nitrogens with one attached hydrogen (secondary N) is 2. The number of guanidine groups is 1. The number of para-hydroxylation sites is 1. The van der Waals surface area contributed by atoms with Crippen molar-refractivity contribution in [3.63, 3.8) is 0 Å². The van der Waals surface area contributed by atoms with Gasteiger partial charge in [0.25, 0.3) is 0 Å². The molecule has 31 heavy (non-hydrogen) atoms. The van der Waals surface area contributed by atoms with Crippen LogP contribution in [0.3, 0.4) is 0 Å². The van der Waals surface area contributed by atoms with Gasteiger partial charge in [0.2, 0.25) is 5.88 Å². The predicted octanol–water partition coefficient (Wildman–Crippen LogP) is 3.24. The zero-order valence-corrected chi connectivity index (χ0v) is 16.7. The summed E-state index contributed by atoms with van der Waals surface area (Å²) >= 11 is 0. The number of aliphatic imine (C=N–C) groups is 1. The molecule has 0 amide bonds. The third-order valence-electron chi connectivity index (χ3n) is 4.65. The van der Waals surface area contributed by atoms with E-state index in [4.69, 9.17) is 0 Å². The predicted molar refractivity (Wildman–Crippen MR) is 106 cm³/mol. The van der Waals surface area contributed by atoms with E-state index in [0.29, 0.717) is 31.0 Å². The van der Waals surface area contributed by atoms with Crippen molar-refractivity contribution in [2.45, 2.75) is 25.2 Å². The average Bonchev–Trinajstić information content (AvgIpc) is 3.17. The lowest BCUT2D eigenvalue weighted by molar-refractivity contribution is -0.154. The summed E-state index contributed by atoms with van der Waals surface area (Å²) in [6, 6.07) is 6.73. The monoisotopic (exact) mass is 443 g/mol. The number of halogens is 5. The van der Waals surface area contributed by atoms with Crippen LogP contribution in [0.5, 0.6) is 5.88 Å². The summed E-state index contributed by atoms with van der Waals surface area (Å²) in [4.78, 5) is 9.53. The lowest BCUT2D eigenvalue weighted by atomic mass is 10.2. The molecule has 1 saturated heterocycles. The lowest BCUT2D eigenvalue weighted by Gasteiger charge is -2.21. The first-order chi connectivity index (χ1) is 14.7. The third-order valence-corrected chi connectivity index (χ3v) is 4.65. The summed E-state index contributed by atoms with van der Waals surface area (Å²) in [5.74, 6) is -0.887. The molecule has 11 heteroatoms. The molecule has 2 N–H and O–H groups in total. The zero-order chi connectivity index (χ0) is 22.4. The van der Waals surface area contributed by atoms with Crippen molar-refractivity contribution in [2.24, 2.45) is 4.99 Å². The molecule has 168 valence electrons. The lowest BCUT2D eigenvalue weighted by Crippen LogP contribution is -2.44. The maximum Gasteiger partial charge on any atom is 0.422 e. The second-order valence-corrected chi connectivity index (χ2v) is 6.98. The molecule has 1 atom stereocenters. The van der Waals surface area contributed by atoms with Gasteiger partial charge >= 0.3 is 6.18 Å². The highest BCUT2D eigenvalue weighted by Gasteiger charge is 2.29. The molecule has 0 bridgehead atoms. The molecule has 1 aromatic carbocycles. The van der Waals surface area contributed by atoms with Gasteiger partial charge in [0.15, 0.2) is 12.6 Å². The van der Waals surface area contributed by atoms with Gasteiger partial charge in [-0.25, -0.2) is 13.8 Å². The van der Waals surface area contributed by atoms with E-state index in [-0.39, 0.29) is 24.2 Å². The van der Waals surface area contributed by atoms with E-state index in [0.717, 1.165) is 0 Å². The fraction of sp³-hybridized carbons (Fsp3) is 0.400. The number of pyridine rings is 1. The molecule has 1 aromatic heterocycles. The van der Waals surface area contributed by atoms with Gasteiger partial charge in [-0.3, -0.25) is 4.99 Å². The Balaban J connectivity index is 1.53. The highest BCUT2D eigenvalue weighted by molar-refractivity contribution is 5.80. The molecule has 0 spiro atoms. The van der Waals surface area contributed by atoms with E-state index in [2.05, 4.69) is 25.3 Å². The van der Waals surface area contributed by atoms with E-state index >= 15 is 0 Å². The molecule has 2 heterocycles. The van der Waals surface area contributed by atoms with Crippen LogP contribution in [0.4, 0.5) is 27.6 Å². The van der Waals surface area contributed by atoms with Gasteiger partial charge in [-0.15, -0.1) is 0 Å². The van der Waals surface area contributed by atoms with Gasteiger partial charge in [-0.1, -0.05) is 6.07 Å². The van der Waals surface area contributed by atoms with E-state index in [1.54, 1.807) is 18.0 Å². The second kappa shape index (κ2) is 9.80. The Morgan fingerprint density at radius 2 is 2.00 bits per heavy atom. The molecular formula is C20H22F5N5O. The zero-order valence-electron chi connectivity index (χ0n) is 16.7. The molecule has 1 aliphatic rings. The molecule has 0 aliphatic carbocycles. The van der Waals surface area contributed by atoms with Crippen molar-refractivity contribution >= 4 is 11.6 Å². The van der Waals surface area contributed by atoms with Crippen LogP contribution in [0.1, 0.15) is 12.0 Å². The van der Waals surface area contributed by atoms with Crippen LogP contribution in [0.2, 0.25) is 0 Å². The Bertz CT molecular complexity index is 901. The number of alkyl halides is 3. The van der Waals surface area contributed by atoms with Gasteiger partial charge < -0.3 is 20.3 Å². The molecule has 0 radical (unpaired) electrons. The van der Waals surface area contributed by atoms with Crippen LogP contribution in [0.15, 0.2) is 41.5 Å². The third kappa shape index (κ3) is 6.43. The average molecular weight is 443 g/mol. The van der Waals surface area contributed by atoms with Crippen LogP contribution in [0, 0.1) is 11.6 Å². The fourth-order valence-corrected chi connectivity index (χ4v) is 3.24. The first kappa shape index (κ1) is 22.6. The van der Waals surface area contributed by atoms with Crippen LogP contribution in [0.25, 0.3) is 0 Å². The Morgan fingerprint density at radius 1 is 1.26 bits per heavy atom. The summed E-state index contributed by atoms with van der Waals surface area (Å²) in [6.07, 6.45) is -2.43. The number of aromatic nitrogens is 1. The fourth-order valence-electron chi connectivity index (χ4n) is 3.24. The molecule has 0 saturated carbocycles. The largest absolute Gasteiger partial charge is 0.468 e. The van der Waals surface area contributed by atoms with Gasteiger partial charge in [-0.2, -0.15) is 13.2 Å². The van der Waals surface area contributed by atoms with Crippen LogP contribution in [-0.2, 0) is 6.54 Å². The standard InChI is InChI=1S/C20H22F5N5O/c1-26-19(28-10-13-5-7-27-17(9-13)31-12-20(23,24)25)29-14-6-8-30(11-14)18-15(21)3-2-4-16(18)22/h2-5,7,9,14H,6,8,10-12H2,1H3,(H2,26,28,29). The molecule has 1 unspecified atom stereocenters. The second-order valence-electron chi connectivity index (χ2n) is 6.98. The normalized spacial score (nSPS) is 17.0. The van der Waals surface area contributed by atoms with E-state index in [1.165, 1.54) is 30.5 Å². The molecule has 2 aromatic rings. The first-order valence-corrected chi connectivity index (χ1v) is 9.56. The van der Waals surface area contributed by atoms with Crippen molar-refractivity contribution in [2.75, 3.05) is 31.6 Å². The maximum atomic E-state index is 14.0. The molecule has 6 nitrogen and oxygen atoms in total. The summed E-state index contributed by atoms with van der Waals surface area (Å²) in [7, 11) is 1.57. The van der Waals surface area contributed by atoms with Crippen molar-refractivity contribution in [1.82, 2.24) is 15.6 Å². The van der Waals surface area contributed by atoms with Crippen molar-refractivity contribution in [3.05, 3.63) is 53.7 Å². The summed E-state index contributed by atoms with van der Waals surface area (Å²) in [6.45, 7) is -0.274. The van der Waals surface area contributed by atoms with Crippen LogP contribution >= 0.6 is 0 Å². The number of hydrogen-bond donors (Lipinski definition) is 2. The Kier molecular flexibility index (Phi) is 7.13.